The average Bonchev–Trinajstić information content (AvgIpc) is 2.56. The molecule has 0 heterocycles. The standard InChI is InChI=1S/C21H28N2O2/c1-15(2)17-5-7-18(8-6-17)22-14-13-21(24)23-19-9-11-20(12-10-19)25-16(3)4/h5-12,15-16,22H,13-14H2,1-4H3,(H,23,24). The van der Waals surface area contributed by atoms with E-state index in [0.717, 1.165) is 17.1 Å². The third-order valence-electron chi connectivity index (χ3n) is 3.77. The summed E-state index contributed by atoms with van der Waals surface area (Å²) < 4.78 is 5.59. The number of carbonyl (C=O) groups excluding carboxylic acids is 1. The molecule has 2 aromatic carbocycles. The lowest BCUT2D eigenvalue weighted by Crippen LogP contribution is -2.16. The van der Waals surface area contributed by atoms with Crippen molar-refractivity contribution in [1.82, 2.24) is 0 Å². The Morgan fingerprint density at radius 2 is 1.52 bits per heavy atom. The average molecular weight is 340 g/mol. The van der Waals surface area contributed by atoms with Gasteiger partial charge in [0, 0.05) is 24.3 Å². The largest absolute Gasteiger partial charge is 0.491 e. The smallest absolute Gasteiger partial charge is 0.226 e. The van der Waals surface area contributed by atoms with Crippen molar-refractivity contribution < 1.29 is 9.53 Å². The molecule has 4 heteroatoms. The summed E-state index contributed by atoms with van der Waals surface area (Å²) >= 11 is 0. The highest BCUT2D eigenvalue weighted by Gasteiger charge is 2.04. The third kappa shape index (κ3) is 6.49. The van der Waals surface area contributed by atoms with Crippen molar-refractivity contribution in [3.8, 4) is 5.75 Å². The number of hydrogen-bond acceptors (Lipinski definition) is 3. The molecule has 0 atom stereocenters. The zero-order valence-corrected chi connectivity index (χ0v) is 15.5. The number of nitrogens with one attached hydrogen (secondary N) is 2. The first-order chi connectivity index (χ1) is 11.9. The fraction of sp³-hybridized carbons (Fsp3) is 0.381. The minimum atomic E-state index is -0.0103. The number of rotatable bonds is 8. The lowest BCUT2D eigenvalue weighted by atomic mass is 10.0. The molecule has 0 saturated carbocycles. The summed E-state index contributed by atoms with van der Waals surface area (Å²) in [6, 6.07) is 15.8. The normalized spacial score (nSPS) is 10.8. The molecule has 0 aliphatic heterocycles. The van der Waals surface area contributed by atoms with Crippen LogP contribution in [0.15, 0.2) is 48.5 Å². The van der Waals surface area contributed by atoms with Crippen molar-refractivity contribution >= 4 is 17.3 Å². The zero-order valence-electron chi connectivity index (χ0n) is 15.5. The van der Waals surface area contributed by atoms with Crippen LogP contribution in [0.4, 0.5) is 11.4 Å². The van der Waals surface area contributed by atoms with Gasteiger partial charge in [0.15, 0.2) is 0 Å². The van der Waals surface area contributed by atoms with Crippen LogP contribution in [-0.2, 0) is 4.79 Å². The summed E-state index contributed by atoms with van der Waals surface area (Å²) in [6.07, 6.45) is 0.553. The van der Waals surface area contributed by atoms with Gasteiger partial charge in [-0.2, -0.15) is 0 Å². The first-order valence-corrected chi connectivity index (χ1v) is 8.84. The number of carbonyl (C=O) groups is 1. The van der Waals surface area contributed by atoms with Crippen LogP contribution in [0.2, 0.25) is 0 Å². The molecule has 0 spiro atoms. The van der Waals surface area contributed by atoms with E-state index in [9.17, 15) is 4.79 Å². The first kappa shape index (κ1) is 18.8. The second-order valence-corrected chi connectivity index (χ2v) is 6.69. The van der Waals surface area contributed by atoms with Crippen LogP contribution in [0.1, 0.15) is 45.6 Å². The van der Waals surface area contributed by atoms with Gasteiger partial charge in [0.25, 0.3) is 0 Å². The minimum absolute atomic E-state index is 0.0103. The summed E-state index contributed by atoms with van der Waals surface area (Å²) in [5.41, 5.74) is 3.13. The van der Waals surface area contributed by atoms with Gasteiger partial charge < -0.3 is 15.4 Å². The third-order valence-corrected chi connectivity index (χ3v) is 3.77. The van der Waals surface area contributed by atoms with Crippen LogP contribution in [0.3, 0.4) is 0 Å². The molecule has 25 heavy (non-hydrogen) atoms. The van der Waals surface area contributed by atoms with Gasteiger partial charge in [-0.15, -0.1) is 0 Å². The maximum Gasteiger partial charge on any atom is 0.226 e. The summed E-state index contributed by atoms with van der Waals surface area (Å²) in [7, 11) is 0. The van der Waals surface area contributed by atoms with Gasteiger partial charge in [-0.05, 0) is 61.7 Å². The highest BCUT2D eigenvalue weighted by atomic mass is 16.5. The lowest BCUT2D eigenvalue weighted by Gasteiger charge is -2.11. The molecule has 0 unspecified atom stereocenters. The number of hydrogen-bond donors (Lipinski definition) is 2. The molecule has 0 fully saturated rings. The van der Waals surface area contributed by atoms with Crippen molar-refractivity contribution in [1.29, 1.82) is 0 Å². The Morgan fingerprint density at radius 1 is 0.920 bits per heavy atom. The molecule has 0 aromatic heterocycles. The Labute approximate surface area is 150 Å². The van der Waals surface area contributed by atoms with Gasteiger partial charge in [0.05, 0.1) is 6.10 Å². The van der Waals surface area contributed by atoms with Gasteiger partial charge in [-0.1, -0.05) is 26.0 Å². The Balaban J connectivity index is 1.75. The van der Waals surface area contributed by atoms with E-state index in [2.05, 4.69) is 48.7 Å². The summed E-state index contributed by atoms with van der Waals surface area (Å²) in [6.45, 7) is 8.92. The monoisotopic (exact) mass is 340 g/mol. The molecule has 1 amide bonds. The molecule has 2 aromatic rings. The summed E-state index contributed by atoms with van der Waals surface area (Å²) in [4.78, 5) is 12.0. The van der Waals surface area contributed by atoms with Crippen molar-refractivity contribution in [2.24, 2.45) is 0 Å². The topological polar surface area (TPSA) is 50.4 Å². The molecule has 0 saturated heterocycles. The van der Waals surface area contributed by atoms with E-state index in [1.54, 1.807) is 0 Å². The SMILES string of the molecule is CC(C)Oc1ccc(NC(=O)CCNc2ccc(C(C)C)cc2)cc1. The van der Waals surface area contributed by atoms with Gasteiger partial charge in [0.1, 0.15) is 5.75 Å². The minimum Gasteiger partial charge on any atom is -0.491 e. The van der Waals surface area contributed by atoms with E-state index < -0.39 is 0 Å². The lowest BCUT2D eigenvalue weighted by molar-refractivity contribution is -0.115. The molecule has 134 valence electrons. The molecule has 4 nitrogen and oxygen atoms in total. The fourth-order valence-electron chi connectivity index (χ4n) is 2.42. The summed E-state index contributed by atoms with van der Waals surface area (Å²) in [5, 5.41) is 6.18. The van der Waals surface area contributed by atoms with E-state index >= 15 is 0 Å². The van der Waals surface area contributed by atoms with E-state index in [4.69, 9.17) is 4.74 Å². The van der Waals surface area contributed by atoms with Crippen LogP contribution in [0.5, 0.6) is 5.75 Å². The molecular weight excluding hydrogens is 312 g/mol. The Kier molecular flexibility index (Phi) is 6.87. The summed E-state index contributed by atoms with van der Waals surface area (Å²) in [5.74, 6) is 1.32. The van der Waals surface area contributed by atoms with Gasteiger partial charge in [-0.3, -0.25) is 4.79 Å². The van der Waals surface area contributed by atoms with Crippen LogP contribution >= 0.6 is 0 Å². The number of anilines is 2. The van der Waals surface area contributed by atoms with Crippen LogP contribution in [-0.4, -0.2) is 18.6 Å². The van der Waals surface area contributed by atoms with Crippen LogP contribution in [0, 0.1) is 0 Å². The number of benzene rings is 2. The van der Waals surface area contributed by atoms with Gasteiger partial charge >= 0.3 is 0 Å². The Morgan fingerprint density at radius 3 is 2.08 bits per heavy atom. The second kappa shape index (κ2) is 9.11. The van der Waals surface area contributed by atoms with Crippen LogP contribution in [0.25, 0.3) is 0 Å². The highest BCUT2D eigenvalue weighted by Crippen LogP contribution is 2.18. The van der Waals surface area contributed by atoms with Crippen LogP contribution < -0.4 is 15.4 Å². The van der Waals surface area contributed by atoms with Crippen molar-refractivity contribution in [2.45, 2.75) is 46.1 Å². The van der Waals surface area contributed by atoms with E-state index in [1.807, 2.05) is 38.1 Å². The Hall–Kier alpha value is -2.49. The van der Waals surface area contributed by atoms with Crippen molar-refractivity contribution in [2.75, 3.05) is 17.2 Å². The maximum atomic E-state index is 12.0. The number of ether oxygens (including phenoxy) is 1. The molecular formula is C21H28N2O2. The van der Waals surface area contributed by atoms with Crippen molar-refractivity contribution in [3.63, 3.8) is 0 Å². The molecule has 0 radical (unpaired) electrons. The van der Waals surface area contributed by atoms with E-state index in [-0.39, 0.29) is 12.0 Å². The molecule has 0 aliphatic carbocycles. The molecule has 0 bridgehead atoms. The molecule has 2 N–H and O–H groups in total. The molecule has 0 aliphatic rings. The maximum absolute atomic E-state index is 12.0. The second-order valence-electron chi connectivity index (χ2n) is 6.69. The van der Waals surface area contributed by atoms with Crippen molar-refractivity contribution in [3.05, 3.63) is 54.1 Å². The predicted molar refractivity (Wildman–Crippen MR) is 104 cm³/mol. The highest BCUT2D eigenvalue weighted by molar-refractivity contribution is 5.91. The van der Waals surface area contributed by atoms with E-state index in [1.165, 1.54) is 5.56 Å². The van der Waals surface area contributed by atoms with E-state index in [0.29, 0.717) is 18.9 Å². The van der Waals surface area contributed by atoms with Gasteiger partial charge in [-0.25, -0.2) is 0 Å². The molecule has 2 rings (SSSR count). The number of amides is 1. The zero-order chi connectivity index (χ0) is 18.2. The van der Waals surface area contributed by atoms with Gasteiger partial charge in [0.2, 0.25) is 5.91 Å². The quantitative estimate of drug-likeness (QED) is 0.708. The first-order valence-electron chi connectivity index (χ1n) is 8.84. The predicted octanol–water partition coefficient (Wildman–Crippen LogP) is 5.04. The fourth-order valence-corrected chi connectivity index (χ4v) is 2.42. The Bertz CT molecular complexity index is 661.